The highest BCUT2D eigenvalue weighted by atomic mass is 16.2. The van der Waals surface area contributed by atoms with Crippen molar-refractivity contribution < 1.29 is 4.79 Å². The molecule has 3 saturated carbocycles. The number of nitrogens with one attached hydrogen (secondary N) is 1. The first-order valence-electron chi connectivity index (χ1n) is 25.6. The molecular weight excluding hydrogens is 797 g/mol. The molecule has 14 atom stereocenters. The maximum absolute atomic E-state index is 16.1. The van der Waals surface area contributed by atoms with Gasteiger partial charge in [-0.25, -0.2) is 0 Å². The fraction of sp³-hybridized carbons (Fsp3) is 0.500. The van der Waals surface area contributed by atoms with Crippen molar-refractivity contribution in [1.29, 1.82) is 0 Å². The topological polar surface area (TPSA) is 45.3 Å². The van der Waals surface area contributed by atoms with Crippen molar-refractivity contribution in [2.75, 3.05) is 47.9 Å². The van der Waals surface area contributed by atoms with Crippen molar-refractivity contribution in [2.45, 2.75) is 119 Å². The molecular formula is C58H64N6O. The molecule has 9 aliphatic heterocycles. The van der Waals surface area contributed by atoms with E-state index in [-0.39, 0.29) is 52.2 Å². The van der Waals surface area contributed by atoms with Crippen LogP contribution in [0, 0.1) is 29.6 Å². The van der Waals surface area contributed by atoms with E-state index in [4.69, 9.17) is 0 Å². The third-order valence-electron chi connectivity index (χ3n) is 21.1. The Kier molecular flexibility index (Phi) is 7.59. The molecule has 0 aromatic heterocycles. The molecule has 15 rings (SSSR count). The summed E-state index contributed by atoms with van der Waals surface area (Å²) in [5.74, 6) is 2.53. The third kappa shape index (κ3) is 4.28. The average Bonchev–Trinajstić information content (AvgIpc) is 4.16. The Balaban J connectivity index is 0.953. The van der Waals surface area contributed by atoms with Crippen LogP contribution >= 0.6 is 0 Å². The van der Waals surface area contributed by atoms with E-state index in [2.05, 4.69) is 168 Å². The van der Waals surface area contributed by atoms with Crippen molar-refractivity contribution >= 4 is 23.0 Å². The standard InChI is InChI=1S/C58H64N6O/c1-6-33(3)38-28-49-56(21-24-60(49)5)42-14-8-11-17-45(42)62-31-40-36-20-23-59-48(27-36)58(43-15-9-12-18-46(43)63(51(40)58)32-41(38)52(56)62)29-37-26-39-34(4)50-35(7-2)30-61-25-22-57(54(50)61)44-16-10-13-19-47(44)64(53(39)57)55(37)65/h7-20,26,31-34,38-39,48-54,59H,6,21-25,27-30H2,1-5H3. The van der Waals surface area contributed by atoms with Gasteiger partial charge in [0.1, 0.15) is 0 Å². The Bertz CT molecular complexity index is 2800. The van der Waals surface area contributed by atoms with Gasteiger partial charge in [0.2, 0.25) is 0 Å². The predicted octanol–water partition coefficient (Wildman–Crippen LogP) is 8.99. The number of likely N-dealkylation sites (tertiary alicyclic amines) is 1. The molecule has 7 heteroatoms. The maximum atomic E-state index is 16.1. The molecule has 14 unspecified atom stereocenters. The molecule has 2 bridgehead atoms. The maximum Gasteiger partial charge on any atom is 0.254 e. The van der Waals surface area contributed by atoms with Crippen LogP contribution in [0.5, 0.6) is 0 Å². The molecule has 0 radical (unpaired) electrons. The van der Waals surface area contributed by atoms with Crippen LogP contribution in [0.4, 0.5) is 17.1 Å². The van der Waals surface area contributed by atoms with E-state index in [9.17, 15) is 0 Å². The monoisotopic (exact) mass is 861 g/mol. The second-order valence-corrected chi connectivity index (χ2v) is 22.9. The van der Waals surface area contributed by atoms with E-state index in [1.165, 1.54) is 58.6 Å². The van der Waals surface area contributed by atoms with Gasteiger partial charge in [0.05, 0.1) is 18.1 Å². The van der Waals surface area contributed by atoms with Gasteiger partial charge in [0, 0.05) is 94.3 Å². The second-order valence-electron chi connectivity index (χ2n) is 22.9. The number of hydrogen-bond acceptors (Lipinski definition) is 6. The quantitative estimate of drug-likeness (QED) is 0.265. The molecule has 3 aromatic carbocycles. The zero-order valence-electron chi connectivity index (χ0n) is 38.9. The minimum absolute atomic E-state index is 0.0355. The van der Waals surface area contributed by atoms with Gasteiger partial charge in [0.15, 0.2) is 0 Å². The lowest BCUT2D eigenvalue weighted by Gasteiger charge is -2.57. The number of anilines is 3. The minimum Gasteiger partial charge on any atom is -0.339 e. The summed E-state index contributed by atoms with van der Waals surface area (Å²) < 4.78 is 0. The van der Waals surface area contributed by atoms with Gasteiger partial charge < -0.3 is 24.9 Å². The molecule has 9 heterocycles. The number of para-hydroxylation sites is 3. The van der Waals surface area contributed by atoms with Crippen LogP contribution in [0.2, 0.25) is 0 Å². The van der Waals surface area contributed by atoms with Crippen LogP contribution in [0.25, 0.3) is 0 Å². The molecule has 3 aliphatic carbocycles. The first-order valence-corrected chi connectivity index (χ1v) is 25.6. The molecule has 12 aliphatic rings. The van der Waals surface area contributed by atoms with Gasteiger partial charge in [-0.1, -0.05) is 106 Å². The Labute approximate surface area is 385 Å². The summed E-state index contributed by atoms with van der Waals surface area (Å²) in [6, 6.07) is 29.7. The number of benzene rings is 3. The number of likely N-dealkylation sites (N-methyl/N-ethyl adjacent to an activating group) is 1. The predicted molar refractivity (Wildman–Crippen MR) is 260 cm³/mol. The van der Waals surface area contributed by atoms with Gasteiger partial charge in [-0.2, -0.15) is 0 Å². The summed E-state index contributed by atoms with van der Waals surface area (Å²) in [5.41, 5.74) is 15.2. The number of carbonyl (C=O) groups is 1. The summed E-state index contributed by atoms with van der Waals surface area (Å²) in [4.78, 5) is 29.6. The Morgan fingerprint density at radius 1 is 0.862 bits per heavy atom. The third-order valence-corrected chi connectivity index (χ3v) is 21.1. The van der Waals surface area contributed by atoms with Crippen molar-refractivity contribution in [3.05, 3.63) is 148 Å². The fourth-order valence-corrected chi connectivity index (χ4v) is 18.5. The SMILES string of the molecule is CC=C1CN2CCC34c5ccccc5N5C(=O)C(CC67c8ccccc8N8C=C9C(C(C)CC)CC%10N(C)CCC%10%11c%10ccccc%10N(C=C(C%10=CCNC6C%10)C87)C9%11)=CC(C(C)C1C23)C54. The Morgan fingerprint density at radius 2 is 1.57 bits per heavy atom. The molecule has 7 nitrogen and oxygen atoms in total. The van der Waals surface area contributed by atoms with E-state index in [0.29, 0.717) is 35.8 Å². The van der Waals surface area contributed by atoms with Crippen LogP contribution < -0.4 is 20.0 Å². The Hall–Kier alpha value is -4.69. The van der Waals surface area contributed by atoms with Crippen molar-refractivity contribution in [3.8, 4) is 0 Å². The van der Waals surface area contributed by atoms with E-state index >= 15 is 4.79 Å². The zero-order valence-corrected chi connectivity index (χ0v) is 38.9. The lowest BCUT2D eigenvalue weighted by atomic mass is 9.52. The van der Waals surface area contributed by atoms with Crippen LogP contribution in [0.3, 0.4) is 0 Å². The largest absolute Gasteiger partial charge is 0.339 e. The van der Waals surface area contributed by atoms with Crippen LogP contribution in [0.15, 0.2) is 131 Å². The summed E-state index contributed by atoms with van der Waals surface area (Å²) in [6.07, 6.45) is 19.4. The second kappa shape index (κ2) is 12.8. The van der Waals surface area contributed by atoms with Crippen LogP contribution in [-0.2, 0) is 21.0 Å². The highest BCUT2D eigenvalue weighted by Gasteiger charge is 2.72. The number of carbonyl (C=O) groups excluding carboxylic acids is 1. The van der Waals surface area contributed by atoms with E-state index in [1.807, 2.05) is 0 Å². The molecule has 6 fully saturated rings. The highest BCUT2D eigenvalue weighted by Crippen LogP contribution is 2.69. The number of fused-ring (bicyclic) bond motifs is 11. The fourth-order valence-electron chi connectivity index (χ4n) is 18.5. The molecule has 1 N–H and O–H groups in total. The van der Waals surface area contributed by atoms with Gasteiger partial charge in [0.25, 0.3) is 5.91 Å². The summed E-state index contributed by atoms with van der Waals surface area (Å²) in [6.45, 7) is 13.9. The summed E-state index contributed by atoms with van der Waals surface area (Å²) >= 11 is 0. The van der Waals surface area contributed by atoms with Crippen molar-refractivity contribution in [1.82, 2.24) is 15.1 Å². The molecule has 3 aromatic rings. The van der Waals surface area contributed by atoms with E-state index in [0.717, 1.165) is 51.0 Å². The average molecular weight is 861 g/mol. The van der Waals surface area contributed by atoms with Crippen molar-refractivity contribution in [3.63, 3.8) is 0 Å². The van der Waals surface area contributed by atoms with Crippen LogP contribution in [-0.4, -0.2) is 85.2 Å². The van der Waals surface area contributed by atoms with Crippen molar-refractivity contribution in [2.24, 2.45) is 29.6 Å². The number of allylic oxidation sites excluding steroid dienone is 1. The Morgan fingerprint density at radius 3 is 2.35 bits per heavy atom. The van der Waals surface area contributed by atoms with Gasteiger partial charge >= 0.3 is 0 Å². The number of rotatable bonds is 4. The zero-order chi connectivity index (χ0) is 43.5. The molecule has 3 saturated heterocycles. The first-order chi connectivity index (χ1) is 31.8. The lowest BCUT2D eigenvalue weighted by molar-refractivity contribution is -0.117. The molecule has 2 spiro atoms. The summed E-state index contributed by atoms with van der Waals surface area (Å²) in [5, 5.41) is 4.15. The molecule has 1 amide bonds. The highest BCUT2D eigenvalue weighted by molar-refractivity contribution is 6.09. The van der Waals surface area contributed by atoms with Gasteiger partial charge in [-0.3, -0.25) is 9.69 Å². The lowest BCUT2D eigenvalue weighted by Crippen LogP contribution is -2.66. The van der Waals surface area contributed by atoms with E-state index in [1.54, 1.807) is 16.7 Å². The molecule has 332 valence electrons. The minimum atomic E-state index is -0.366. The van der Waals surface area contributed by atoms with Gasteiger partial charge in [-0.15, -0.1) is 0 Å². The van der Waals surface area contributed by atoms with Gasteiger partial charge in [-0.05, 0) is 129 Å². The van der Waals surface area contributed by atoms with E-state index < -0.39 is 0 Å². The molecule has 65 heavy (non-hydrogen) atoms. The van der Waals surface area contributed by atoms with Crippen LogP contribution in [0.1, 0.15) is 82.9 Å². The smallest absolute Gasteiger partial charge is 0.254 e. The number of nitrogens with zero attached hydrogens (tertiary/aromatic N) is 5. The first kappa shape index (κ1) is 38.4. The normalized spacial score (nSPS) is 41.8. The number of hydrogen-bond donors (Lipinski definition) is 1. The summed E-state index contributed by atoms with van der Waals surface area (Å²) in [7, 11) is 2.41. The number of amides is 1.